The van der Waals surface area contributed by atoms with Gasteiger partial charge in [0.25, 0.3) is 0 Å². The monoisotopic (exact) mass is 261 g/mol. The largest absolute Gasteiger partial charge is 0.383 e. The number of nitrogen functional groups attached to an aromatic ring is 1. The first-order valence-electron chi connectivity index (χ1n) is 7.39. The third-order valence-electron chi connectivity index (χ3n) is 4.51. The summed E-state index contributed by atoms with van der Waals surface area (Å²) in [7, 11) is 0. The molecule has 0 saturated carbocycles. The van der Waals surface area contributed by atoms with Gasteiger partial charge < -0.3 is 11.1 Å². The van der Waals surface area contributed by atoms with E-state index in [1.165, 1.54) is 38.8 Å². The van der Waals surface area contributed by atoms with Crippen molar-refractivity contribution in [3.8, 4) is 0 Å². The molecule has 0 spiro atoms. The highest BCUT2D eigenvalue weighted by molar-refractivity contribution is 5.55. The molecule has 19 heavy (non-hydrogen) atoms. The second-order valence-electron chi connectivity index (χ2n) is 5.58. The van der Waals surface area contributed by atoms with Gasteiger partial charge in [-0.05, 0) is 32.2 Å². The van der Waals surface area contributed by atoms with Crippen LogP contribution in [0.5, 0.6) is 0 Å². The van der Waals surface area contributed by atoms with Crippen molar-refractivity contribution in [1.29, 1.82) is 0 Å². The molecule has 1 aromatic heterocycles. The first-order valence-corrected chi connectivity index (χ1v) is 7.39. The number of rotatable bonds is 3. The number of hydrogen-bond donors (Lipinski definition) is 2. The van der Waals surface area contributed by atoms with E-state index >= 15 is 0 Å². The molecule has 3 N–H and O–H groups in total. The minimum absolute atomic E-state index is 0.514. The number of fused-ring (bicyclic) bond motifs is 1. The van der Waals surface area contributed by atoms with Gasteiger partial charge in [-0.1, -0.05) is 13.3 Å². The smallest absolute Gasteiger partial charge is 0.134 e. The zero-order valence-electron chi connectivity index (χ0n) is 11.6. The molecule has 2 unspecified atom stereocenters. The van der Waals surface area contributed by atoms with Gasteiger partial charge in [0.15, 0.2) is 0 Å². The van der Waals surface area contributed by atoms with E-state index in [-0.39, 0.29) is 0 Å². The number of nitrogens with zero attached hydrogens (tertiary/aromatic N) is 3. The van der Waals surface area contributed by atoms with Crippen LogP contribution >= 0.6 is 0 Å². The van der Waals surface area contributed by atoms with Gasteiger partial charge in [0, 0.05) is 24.2 Å². The van der Waals surface area contributed by atoms with Crippen LogP contribution in [0.15, 0.2) is 6.33 Å². The van der Waals surface area contributed by atoms with Crippen molar-refractivity contribution in [3.05, 3.63) is 11.9 Å². The summed E-state index contributed by atoms with van der Waals surface area (Å²) in [6.07, 6.45) is 7.65. The lowest BCUT2D eigenvalue weighted by Gasteiger charge is -2.33. The van der Waals surface area contributed by atoms with Crippen LogP contribution < -0.4 is 11.1 Å². The summed E-state index contributed by atoms with van der Waals surface area (Å²) in [5.41, 5.74) is 6.99. The molecule has 2 atom stereocenters. The fourth-order valence-electron chi connectivity index (χ4n) is 3.49. The zero-order valence-corrected chi connectivity index (χ0v) is 11.6. The Bertz CT molecular complexity index is 447. The summed E-state index contributed by atoms with van der Waals surface area (Å²) in [5.74, 6) is 1.55. The van der Waals surface area contributed by atoms with Crippen LogP contribution in [-0.4, -0.2) is 40.0 Å². The molecule has 0 amide bonds. The highest BCUT2D eigenvalue weighted by Gasteiger charge is 2.35. The SMILES string of the molecule is CCc1c(N)ncnc1NC1CCN2CCCCC12. The Morgan fingerprint density at radius 3 is 3.05 bits per heavy atom. The van der Waals surface area contributed by atoms with Gasteiger partial charge in [-0.2, -0.15) is 0 Å². The number of nitrogens with two attached hydrogens (primary N) is 1. The fraction of sp³-hybridized carbons (Fsp3) is 0.714. The van der Waals surface area contributed by atoms with Crippen LogP contribution in [-0.2, 0) is 6.42 Å². The van der Waals surface area contributed by atoms with Crippen molar-refractivity contribution in [3.63, 3.8) is 0 Å². The number of piperidine rings is 1. The Labute approximate surface area is 114 Å². The molecule has 5 nitrogen and oxygen atoms in total. The summed E-state index contributed by atoms with van der Waals surface area (Å²) in [5, 5.41) is 3.63. The van der Waals surface area contributed by atoms with E-state index in [0.717, 1.165) is 17.8 Å². The fourth-order valence-corrected chi connectivity index (χ4v) is 3.49. The summed E-state index contributed by atoms with van der Waals surface area (Å²) in [6.45, 7) is 4.57. The summed E-state index contributed by atoms with van der Waals surface area (Å²) < 4.78 is 0. The molecule has 2 fully saturated rings. The number of aromatic nitrogens is 2. The third-order valence-corrected chi connectivity index (χ3v) is 4.51. The highest BCUT2D eigenvalue weighted by Crippen LogP contribution is 2.30. The van der Waals surface area contributed by atoms with Crippen LogP contribution in [0.2, 0.25) is 0 Å². The van der Waals surface area contributed by atoms with E-state index in [1.807, 2.05) is 0 Å². The molecule has 0 aromatic carbocycles. The van der Waals surface area contributed by atoms with Crippen LogP contribution in [0.3, 0.4) is 0 Å². The van der Waals surface area contributed by atoms with Crippen LogP contribution in [0.4, 0.5) is 11.6 Å². The predicted octanol–water partition coefficient (Wildman–Crippen LogP) is 1.66. The number of hydrogen-bond acceptors (Lipinski definition) is 5. The summed E-state index contributed by atoms with van der Waals surface area (Å²) in [6, 6.07) is 1.19. The van der Waals surface area contributed by atoms with Gasteiger partial charge in [-0.3, -0.25) is 4.90 Å². The van der Waals surface area contributed by atoms with E-state index in [0.29, 0.717) is 17.9 Å². The van der Waals surface area contributed by atoms with Gasteiger partial charge >= 0.3 is 0 Å². The number of anilines is 2. The van der Waals surface area contributed by atoms with Crippen molar-refractivity contribution in [2.45, 2.75) is 51.1 Å². The van der Waals surface area contributed by atoms with E-state index in [4.69, 9.17) is 5.73 Å². The average Bonchev–Trinajstić information content (AvgIpc) is 2.83. The van der Waals surface area contributed by atoms with Gasteiger partial charge in [0.1, 0.15) is 18.0 Å². The molecule has 3 rings (SSSR count). The molecule has 3 heterocycles. The van der Waals surface area contributed by atoms with Gasteiger partial charge in [-0.15, -0.1) is 0 Å². The molecular weight excluding hydrogens is 238 g/mol. The maximum Gasteiger partial charge on any atom is 0.134 e. The molecule has 0 aliphatic carbocycles. The van der Waals surface area contributed by atoms with Crippen molar-refractivity contribution < 1.29 is 0 Å². The lowest BCUT2D eigenvalue weighted by atomic mass is 9.99. The lowest BCUT2D eigenvalue weighted by molar-refractivity contribution is 0.192. The Morgan fingerprint density at radius 2 is 2.21 bits per heavy atom. The number of nitrogens with one attached hydrogen (secondary N) is 1. The molecule has 5 heteroatoms. The minimum Gasteiger partial charge on any atom is -0.383 e. The predicted molar refractivity (Wildman–Crippen MR) is 77.1 cm³/mol. The molecule has 2 aliphatic rings. The molecular formula is C14H23N5. The lowest BCUT2D eigenvalue weighted by Crippen LogP contribution is -2.42. The summed E-state index contributed by atoms with van der Waals surface area (Å²) in [4.78, 5) is 11.1. The normalized spacial score (nSPS) is 27.2. The maximum atomic E-state index is 5.94. The van der Waals surface area contributed by atoms with Gasteiger partial charge in [0.2, 0.25) is 0 Å². The second-order valence-corrected chi connectivity index (χ2v) is 5.58. The maximum absolute atomic E-state index is 5.94. The topological polar surface area (TPSA) is 67.1 Å². The van der Waals surface area contributed by atoms with Gasteiger partial charge in [-0.25, -0.2) is 9.97 Å². The highest BCUT2D eigenvalue weighted by atomic mass is 15.2. The van der Waals surface area contributed by atoms with E-state index in [1.54, 1.807) is 6.33 Å². The van der Waals surface area contributed by atoms with Gasteiger partial charge in [0.05, 0.1) is 0 Å². The Morgan fingerprint density at radius 1 is 1.32 bits per heavy atom. The standard InChI is InChI=1S/C14H23N5/c1-2-10-13(15)16-9-17-14(10)18-11-6-8-19-7-4-3-5-12(11)19/h9,11-12H,2-8H2,1H3,(H3,15,16,17,18). The van der Waals surface area contributed by atoms with Crippen molar-refractivity contribution in [2.24, 2.45) is 0 Å². The zero-order chi connectivity index (χ0) is 13.2. The minimum atomic E-state index is 0.514. The Balaban J connectivity index is 1.76. The molecule has 1 aromatic rings. The quantitative estimate of drug-likeness (QED) is 0.866. The van der Waals surface area contributed by atoms with Crippen LogP contribution in [0.1, 0.15) is 38.2 Å². The molecule has 2 saturated heterocycles. The molecule has 2 aliphatic heterocycles. The van der Waals surface area contributed by atoms with Crippen LogP contribution in [0.25, 0.3) is 0 Å². The van der Waals surface area contributed by atoms with E-state index in [2.05, 4.69) is 27.1 Å². The molecule has 0 radical (unpaired) electrons. The second kappa shape index (κ2) is 5.33. The summed E-state index contributed by atoms with van der Waals surface area (Å²) >= 11 is 0. The molecule has 104 valence electrons. The van der Waals surface area contributed by atoms with Crippen LogP contribution in [0, 0.1) is 0 Å². The third kappa shape index (κ3) is 2.39. The Kier molecular flexibility index (Phi) is 3.55. The first-order chi connectivity index (χ1) is 9.29. The van der Waals surface area contributed by atoms with Crippen molar-refractivity contribution in [1.82, 2.24) is 14.9 Å². The molecule has 0 bridgehead atoms. The van der Waals surface area contributed by atoms with E-state index < -0.39 is 0 Å². The van der Waals surface area contributed by atoms with Crippen molar-refractivity contribution in [2.75, 3.05) is 24.1 Å². The first kappa shape index (κ1) is 12.7. The average molecular weight is 261 g/mol. The Hall–Kier alpha value is -1.36. The van der Waals surface area contributed by atoms with Crippen molar-refractivity contribution >= 4 is 11.6 Å². The van der Waals surface area contributed by atoms with E-state index in [9.17, 15) is 0 Å².